The summed E-state index contributed by atoms with van der Waals surface area (Å²) in [6.45, 7) is 3.71. The van der Waals surface area contributed by atoms with Gasteiger partial charge in [-0.05, 0) is 48.7 Å². The van der Waals surface area contributed by atoms with Crippen molar-refractivity contribution in [3.05, 3.63) is 59.7 Å². The van der Waals surface area contributed by atoms with E-state index >= 15 is 0 Å². The predicted molar refractivity (Wildman–Crippen MR) is 104 cm³/mol. The molecular weight excluding hydrogens is 364 g/mol. The molecule has 2 amide bonds. The van der Waals surface area contributed by atoms with E-state index in [1.807, 2.05) is 25.1 Å². The summed E-state index contributed by atoms with van der Waals surface area (Å²) in [6, 6.07) is 14.0. The Balaban J connectivity index is 1.55. The van der Waals surface area contributed by atoms with Crippen molar-refractivity contribution in [2.24, 2.45) is 0 Å². The quantitative estimate of drug-likeness (QED) is 0.825. The molecule has 0 atom stereocenters. The maximum absolute atomic E-state index is 12.4. The fraction of sp³-hybridized carbons (Fsp3) is 0.350. The Morgan fingerprint density at radius 1 is 1.15 bits per heavy atom. The molecule has 2 aromatic rings. The van der Waals surface area contributed by atoms with Crippen LogP contribution in [0.5, 0.6) is 5.75 Å². The van der Waals surface area contributed by atoms with Crippen LogP contribution < -0.4 is 10.1 Å². The van der Waals surface area contributed by atoms with Crippen LogP contribution in [0.15, 0.2) is 53.4 Å². The van der Waals surface area contributed by atoms with Crippen molar-refractivity contribution < 1.29 is 17.9 Å². The van der Waals surface area contributed by atoms with Gasteiger partial charge in [0.2, 0.25) is 0 Å². The van der Waals surface area contributed by atoms with Gasteiger partial charge in [-0.2, -0.15) is 0 Å². The lowest BCUT2D eigenvalue weighted by Gasteiger charge is -2.29. The molecule has 2 aromatic carbocycles. The number of ether oxygens (including phenoxy) is 1. The molecular formula is C20H24N2O4S. The van der Waals surface area contributed by atoms with Crippen LogP contribution in [0.1, 0.15) is 18.1 Å². The molecule has 1 N–H and O–H groups in total. The largest absolute Gasteiger partial charge is 0.494 e. The number of urea groups is 1. The second-order valence-corrected chi connectivity index (χ2v) is 8.51. The van der Waals surface area contributed by atoms with E-state index in [1.165, 1.54) is 5.56 Å². The summed E-state index contributed by atoms with van der Waals surface area (Å²) in [4.78, 5) is 14.4. The highest BCUT2D eigenvalue weighted by atomic mass is 32.2. The van der Waals surface area contributed by atoms with Crippen LogP contribution in [0.25, 0.3) is 0 Å². The molecule has 0 spiro atoms. The lowest BCUT2D eigenvalue weighted by atomic mass is 10.00. The van der Waals surface area contributed by atoms with Crippen LogP contribution in [-0.2, 0) is 22.8 Å². The molecule has 144 valence electrons. The number of fused-ring (bicyclic) bond motifs is 1. The van der Waals surface area contributed by atoms with Crippen molar-refractivity contribution in [1.29, 1.82) is 0 Å². The number of amides is 2. The van der Waals surface area contributed by atoms with Crippen molar-refractivity contribution in [3.63, 3.8) is 0 Å². The van der Waals surface area contributed by atoms with Crippen molar-refractivity contribution in [1.82, 2.24) is 10.2 Å². The number of hydrogen-bond acceptors (Lipinski definition) is 4. The lowest BCUT2D eigenvalue weighted by Crippen LogP contribution is -2.44. The van der Waals surface area contributed by atoms with Gasteiger partial charge in [0, 0.05) is 19.6 Å². The van der Waals surface area contributed by atoms with E-state index in [9.17, 15) is 13.2 Å². The van der Waals surface area contributed by atoms with Crippen LogP contribution in [0.3, 0.4) is 0 Å². The highest BCUT2D eigenvalue weighted by molar-refractivity contribution is 7.91. The normalized spacial score (nSPS) is 13.7. The number of nitrogens with one attached hydrogen (secondary N) is 1. The second kappa shape index (κ2) is 8.43. The number of rotatable bonds is 6. The molecule has 27 heavy (non-hydrogen) atoms. The van der Waals surface area contributed by atoms with Crippen LogP contribution in [0.4, 0.5) is 4.79 Å². The number of benzene rings is 2. The zero-order chi connectivity index (χ0) is 19.3. The molecule has 0 aromatic heterocycles. The van der Waals surface area contributed by atoms with E-state index in [1.54, 1.807) is 35.2 Å². The van der Waals surface area contributed by atoms with Gasteiger partial charge in [0.25, 0.3) is 0 Å². The van der Waals surface area contributed by atoms with Gasteiger partial charge in [-0.25, -0.2) is 13.2 Å². The van der Waals surface area contributed by atoms with E-state index < -0.39 is 9.84 Å². The zero-order valence-electron chi connectivity index (χ0n) is 15.3. The van der Waals surface area contributed by atoms with Crippen molar-refractivity contribution in [3.8, 4) is 5.75 Å². The van der Waals surface area contributed by atoms with Crippen molar-refractivity contribution >= 4 is 15.9 Å². The molecule has 1 aliphatic rings. The summed E-state index contributed by atoms with van der Waals surface area (Å²) in [5, 5.41) is 2.73. The van der Waals surface area contributed by atoms with Gasteiger partial charge in [-0.3, -0.25) is 0 Å². The van der Waals surface area contributed by atoms with Gasteiger partial charge >= 0.3 is 6.03 Å². The minimum Gasteiger partial charge on any atom is -0.494 e. The summed E-state index contributed by atoms with van der Waals surface area (Å²) >= 11 is 0. The molecule has 0 fully saturated rings. The van der Waals surface area contributed by atoms with Gasteiger partial charge < -0.3 is 15.0 Å². The number of carbonyl (C=O) groups excluding carboxylic acids is 1. The van der Waals surface area contributed by atoms with Gasteiger partial charge in [0.1, 0.15) is 5.75 Å². The first-order valence-electron chi connectivity index (χ1n) is 9.05. The maximum atomic E-state index is 12.4. The smallest absolute Gasteiger partial charge is 0.317 e. The first kappa shape index (κ1) is 19.2. The molecule has 0 bridgehead atoms. The number of hydrogen-bond donors (Lipinski definition) is 1. The molecule has 3 rings (SSSR count). The molecule has 0 aliphatic carbocycles. The number of carbonyl (C=O) groups is 1. The zero-order valence-corrected chi connectivity index (χ0v) is 16.2. The van der Waals surface area contributed by atoms with E-state index in [0.717, 1.165) is 17.7 Å². The average molecular weight is 388 g/mol. The molecule has 1 heterocycles. The van der Waals surface area contributed by atoms with Crippen LogP contribution in [0, 0.1) is 0 Å². The highest BCUT2D eigenvalue weighted by Gasteiger charge is 2.22. The molecule has 7 heteroatoms. The predicted octanol–water partition coefficient (Wildman–Crippen LogP) is 2.63. The maximum Gasteiger partial charge on any atom is 0.317 e. The standard InChI is InChI=1S/C20H24N2O4S/c1-2-26-18-9-8-16-10-12-22(15-17(16)14-18)20(23)21-11-13-27(24,25)19-6-4-3-5-7-19/h3-9,14H,2,10-13,15H2,1H3,(H,21,23). The first-order valence-corrected chi connectivity index (χ1v) is 10.7. The molecule has 0 unspecified atom stereocenters. The Morgan fingerprint density at radius 3 is 2.67 bits per heavy atom. The van der Waals surface area contributed by atoms with Gasteiger partial charge in [0.15, 0.2) is 9.84 Å². The summed E-state index contributed by atoms with van der Waals surface area (Å²) in [5.74, 6) is 0.675. The average Bonchev–Trinajstić information content (AvgIpc) is 2.68. The Morgan fingerprint density at radius 2 is 1.93 bits per heavy atom. The third kappa shape index (κ3) is 4.80. The van der Waals surface area contributed by atoms with E-state index in [4.69, 9.17) is 4.74 Å². The Labute approximate surface area is 160 Å². The second-order valence-electron chi connectivity index (χ2n) is 6.40. The topological polar surface area (TPSA) is 75.7 Å². The number of sulfone groups is 1. The SMILES string of the molecule is CCOc1ccc2c(c1)CN(C(=O)NCCS(=O)(=O)c1ccccc1)CC2. The van der Waals surface area contributed by atoms with Crippen LogP contribution in [0.2, 0.25) is 0 Å². The fourth-order valence-electron chi connectivity index (χ4n) is 3.11. The molecule has 0 radical (unpaired) electrons. The number of nitrogens with zero attached hydrogens (tertiary/aromatic N) is 1. The Kier molecular flexibility index (Phi) is 6.01. The van der Waals surface area contributed by atoms with E-state index in [-0.39, 0.29) is 23.2 Å². The third-order valence-electron chi connectivity index (χ3n) is 4.54. The van der Waals surface area contributed by atoms with Crippen LogP contribution >= 0.6 is 0 Å². The van der Waals surface area contributed by atoms with E-state index in [0.29, 0.717) is 19.7 Å². The fourth-order valence-corrected chi connectivity index (χ4v) is 4.29. The Hall–Kier alpha value is -2.54. The summed E-state index contributed by atoms with van der Waals surface area (Å²) < 4.78 is 30.1. The Bertz CT molecular complexity index is 897. The van der Waals surface area contributed by atoms with Crippen LogP contribution in [-0.4, -0.2) is 44.8 Å². The monoisotopic (exact) mass is 388 g/mol. The highest BCUT2D eigenvalue weighted by Crippen LogP contribution is 2.24. The van der Waals surface area contributed by atoms with Crippen molar-refractivity contribution in [2.45, 2.75) is 24.8 Å². The molecule has 0 saturated heterocycles. The van der Waals surface area contributed by atoms with Crippen molar-refractivity contribution in [2.75, 3.05) is 25.4 Å². The van der Waals surface area contributed by atoms with Gasteiger partial charge in [-0.1, -0.05) is 24.3 Å². The lowest BCUT2D eigenvalue weighted by molar-refractivity contribution is 0.193. The summed E-state index contributed by atoms with van der Waals surface area (Å²) in [6.07, 6.45) is 0.775. The molecule has 0 saturated carbocycles. The molecule has 1 aliphatic heterocycles. The first-order chi connectivity index (χ1) is 13.0. The third-order valence-corrected chi connectivity index (χ3v) is 6.27. The minimum atomic E-state index is -3.40. The van der Waals surface area contributed by atoms with Gasteiger partial charge in [-0.15, -0.1) is 0 Å². The van der Waals surface area contributed by atoms with E-state index in [2.05, 4.69) is 5.32 Å². The van der Waals surface area contributed by atoms with Gasteiger partial charge in [0.05, 0.1) is 17.3 Å². The summed E-state index contributed by atoms with van der Waals surface area (Å²) in [7, 11) is -3.40. The molecule has 6 nitrogen and oxygen atoms in total. The summed E-state index contributed by atoms with van der Waals surface area (Å²) in [5.41, 5.74) is 2.29. The minimum absolute atomic E-state index is 0.0817.